The van der Waals surface area contributed by atoms with Gasteiger partial charge in [0.05, 0.1) is 34.6 Å². The van der Waals surface area contributed by atoms with E-state index in [9.17, 15) is 24.2 Å². The van der Waals surface area contributed by atoms with Gasteiger partial charge in [0.2, 0.25) is 5.43 Å². The largest absolute Gasteiger partial charge is 0.477 e. The molecule has 0 spiro atoms. The standard InChI is InChI=1S/C21H20F2N4O4/c1-9-18-12(3-15(23)19(9)26-5-11(24)6-26)20(29)13(21(30)31)7-27(18)17-4-16(25)14(22)2-10(17)8-28/h2-4,7,11,28H,5-6,8,24-25H2,1H3,(H,30,31). The molecule has 1 fully saturated rings. The second-order valence-electron chi connectivity index (χ2n) is 7.60. The molecule has 1 aliphatic rings. The van der Waals surface area contributed by atoms with Crippen molar-refractivity contribution in [2.75, 3.05) is 23.7 Å². The third-order valence-corrected chi connectivity index (χ3v) is 5.54. The molecule has 31 heavy (non-hydrogen) atoms. The van der Waals surface area contributed by atoms with Gasteiger partial charge in [-0.25, -0.2) is 13.6 Å². The van der Waals surface area contributed by atoms with Crippen molar-refractivity contribution in [3.05, 3.63) is 62.9 Å². The predicted molar refractivity (Wildman–Crippen MR) is 112 cm³/mol. The van der Waals surface area contributed by atoms with Gasteiger partial charge < -0.3 is 31.1 Å². The number of nitrogen functional groups attached to an aromatic ring is 1. The number of pyridine rings is 1. The second-order valence-corrected chi connectivity index (χ2v) is 7.60. The van der Waals surface area contributed by atoms with E-state index in [1.54, 1.807) is 11.8 Å². The van der Waals surface area contributed by atoms with Crippen molar-refractivity contribution in [3.8, 4) is 5.69 Å². The molecule has 0 radical (unpaired) electrons. The van der Waals surface area contributed by atoms with Crippen LogP contribution in [0.25, 0.3) is 16.6 Å². The Labute approximate surface area is 174 Å². The van der Waals surface area contributed by atoms with Gasteiger partial charge in [-0.05, 0) is 25.1 Å². The lowest BCUT2D eigenvalue weighted by atomic mass is 10.00. The topological polar surface area (TPSA) is 135 Å². The number of anilines is 2. The number of aliphatic hydroxyl groups excluding tert-OH is 1. The second kappa shape index (κ2) is 7.33. The molecule has 4 rings (SSSR count). The normalized spacial score (nSPS) is 14.2. The molecule has 3 aromatic rings. The molecule has 2 heterocycles. The van der Waals surface area contributed by atoms with E-state index in [1.165, 1.54) is 10.6 Å². The maximum atomic E-state index is 15.0. The van der Waals surface area contributed by atoms with Gasteiger partial charge in [0, 0.05) is 36.5 Å². The van der Waals surface area contributed by atoms with Crippen molar-refractivity contribution in [2.24, 2.45) is 5.73 Å². The van der Waals surface area contributed by atoms with E-state index in [1.807, 2.05) is 0 Å². The van der Waals surface area contributed by atoms with Gasteiger partial charge >= 0.3 is 5.97 Å². The van der Waals surface area contributed by atoms with E-state index in [2.05, 4.69) is 0 Å². The third kappa shape index (κ3) is 3.20. The highest BCUT2D eigenvalue weighted by Gasteiger charge is 2.29. The number of nitrogens with two attached hydrogens (primary N) is 2. The summed E-state index contributed by atoms with van der Waals surface area (Å²) in [6, 6.07) is 3.16. The fourth-order valence-corrected chi connectivity index (χ4v) is 4.03. The van der Waals surface area contributed by atoms with E-state index in [-0.39, 0.29) is 39.6 Å². The minimum atomic E-state index is -1.50. The number of carboxylic acid groups (broad SMARTS) is 1. The van der Waals surface area contributed by atoms with Crippen LogP contribution in [0.4, 0.5) is 20.2 Å². The van der Waals surface area contributed by atoms with Crippen LogP contribution in [0.3, 0.4) is 0 Å². The monoisotopic (exact) mass is 430 g/mol. The first kappa shape index (κ1) is 20.8. The average molecular weight is 430 g/mol. The molecule has 6 N–H and O–H groups in total. The third-order valence-electron chi connectivity index (χ3n) is 5.54. The Morgan fingerprint density at radius 2 is 1.90 bits per heavy atom. The van der Waals surface area contributed by atoms with Gasteiger partial charge in [-0.2, -0.15) is 0 Å². The van der Waals surface area contributed by atoms with Crippen molar-refractivity contribution in [1.29, 1.82) is 0 Å². The maximum absolute atomic E-state index is 15.0. The minimum Gasteiger partial charge on any atom is -0.477 e. The summed E-state index contributed by atoms with van der Waals surface area (Å²) >= 11 is 0. The highest BCUT2D eigenvalue weighted by atomic mass is 19.1. The van der Waals surface area contributed by atoms with Crippen LogP contribution >= 0.6 is 0 Å². The number of halogens is 2. The molecule has 0 aliphatic carbocycles. The van der Waals surface area contributed by atoms with Gasteiger partial charge in [-0.1, -0.05) is 0 Å². The molecule has 1 saturated heterocycles. The summed E-state index contributed by atoms with van der Waals surface area (Å²) in [5.41, 5.74) is 11.0. The van der Waals surface area contributed by atoms with Crippen LogP contribution < -0.4 is 21.8 Å². The molecule has 1 aliphatic heterocycles. The molecule has 8 nitrogen and oxygen atoms in total. The fourth-order valence-electron chi connectivity index (χ4n) is 4.03. The van der Waals surface area contributed by atoms with Crippen LogP contribution in [0.5, 0.6) is 0 Å². The van der Waals surface area contributed by atoms with Crippen molar-refractivity contribution in [2.45, 2.75) is 19.6 Å². The van der Waals surface area contributed by atoms with E-state index in [0.29, 0.717) is 18.7 Å². The summed E-state index contributed by atoms with van der Waals surface area (Å²) < 4.78 is 30.3. The highest BCUT2D eigenvalue weighted by Crippen LogP contribution is 2.35. The fraction of sp³-hybridized carbons (Fsp3) is 0.238. The maximum Gasteiger partial charge on any atom is 0.341 e. The molecule has 2 aromatic carbocycles. The zero-order valence-electron chi connectivity index (χ0n) is 16.5. The smallest absolute Gasteiger partial charge is 0.341 e. The SMILES string of the molecule is Cc1c(N2CC(N)C2)c(F)cc2c(=O)c(C(=O)O)cn(-c3cc(N)c(F)cc3CO)c12. The van der Waals surface area contributed by atoms with Crippen LogP contribution in [-0.2, 0) is 6.61 Å². The molecule has 0 saturated carbocycles. The lowest BCUT2D eigenvalue weighted by Gasteiger charge is -2.40. The Morgan fingerprint density at radius 1 is 1.23 bits per heavy atom. The summed E-state index contributed by atoms with van der Waals surface area (Å²) in [7, 11) is 0. The average Bonchev–Trinajstić information content (AvgIpc) is 2.68. The number of nitrogens with zero attached hydrogens (tertiary/aromatic N) is 2. The van der Waals surface area contributed by atoms with Crippen LogP contribution in [0.1, 0.15) is 21.5 Å². The number of carbonyl (C=O) groups is 1. The molecule has 1 aromatic heterocycles. The molecular weight excluding hydrogens is 410 g/mol. The zero-order chi connectivity index (χ0) is 22.6. The Kier molecular flexibility index (Phi) is 4.91. The molecule has 162 valence electrons. The van der Waals surface area contributed by atoms with Crippen molar-refractivity contribution in [3.63, 3.8) is 0 Å². The number of aliphatic hydroxyl groups is 1. The molecule has 10 heteroatoms. The Morgan fingerprint density at radius 3 is 2.48 bits per heavy atom. The van der Waals surface area contributed by atoms with Gasteiger partial charge in [0.15, 0.2) is 0 Å². The van der Waals surface area contributed by atoms with E-state index >= 15 is 4.39 Å². The molecule has 0 atom stereocenters. The summed E-state index contributed by atoms with van der Waals surface area (Å²) in [5, 5.41) is 19.1. The number of aromatic nitrogens is 1. The van der Waals surface area contributed by atoms with E-state index in [0.717, 1.165) is 18.3 Å². The molecule has 0 unspecified atom stereocenters. The number of rotatable bonds is 4. The first-order valence-electron chi connectivity index (χ1n) is 9.45. The lowest BCUT2D eigenvalue weighted by molar-refractivity contribution is 0.0695. The summed E-state index contributed by atoms with van der Waals surface area (Å²) in [5.74, 6) is -2.93. The van der Waals surface area contributed by atoms with Crippen molar-refractivity contribution >= 4 is 28.2 Å². The summed E-state index contributed by atoms with van der Waals surface area (Å²) in [4.78, 5) is 26.2. The number of aromatic carboxylic acids is 1. The van der Waals surface area contributed by atoms with Gasteiger partial charge in [-0.15, -0.1) is 0 Å². The van der Waals surface area contributed by atoms with Gasteiger partial charge in [0.1, 0.15) is 17.2 Å². The van der Waals surface area contributed by atoms with Crippen LogP contribution in [0, 0.1) is 18.6 Å². The van der Waals surface area contributed by atoms with Crippen molar-refractivity contribution in [1.82, 2.24) is 4.57 Å². The summed E-state index contributed by atoms with van der Waals surface area (Å²) in [6.07, 6.45) is 1.08. The van der Waals surface area contributed by atoms with Crippen molar-refractivity contribution < 1.29 is 23.8 Å². The molecule has 0 amide bonds. The number of carboxylic acids is 1. The Balaban J connectivity index is 2.15. The number of benzene rings is 2. The summed E-state index contributed by atoms with van der Waals surface area (Å²) in [6.45, 7) is 1.88. The van der Waals surface area contributed by atoms with Gasteiger partial charge in [-0.3, -0.25) is 4.79 Å². The first-order chi connectivity index (χ1) is 14.6. The minimum absolute atomic E-state index is 0.107. The van der Waals surface area contributed by atoms with E-state index in [4.69, 9.17) is 11.5 Å². The van der Waals surface area contributed by atoms with Crippen LogP contribution in [0.2, 0.25) is 0 Å². The molecular formula is C21H20F2N4O4. The number of hydrogen-bond donors (Lipinski definition) is 4. The zero-order valence-corrected chi connectivity index (χ0v) is 16.5. The first-order valence-corrected chi connectivity index (χ1v) is 9.45. The highest BCUT2D eigenvalue weighted by molar-refractivity contribution is 5.96. The van der Waals surface area contributed by atoms with E-state index < -0.39 is 35.2 Å². The molecule has 0 bridgehead atoms. The lowest BCUT2D eigenvalue weighted by Crippen LogP contribution is -2.56. The van der Waals surface area contributed by atoms with Crippen LogP contribution in [0.15, 0.2) is 29.2 Å². The number of fused-ring (bicyclic) bond motifs is 1. The predicted octanol–water partition coefficient (Wildman–Crippen LogP) is 1.50. The Bertz CT molecular complexity index is 1300. The van der Waals surface area contributed by atoms with Crippen LogP contribution in [-0.4, -0.2) is 39.9 Å². The Hall–Kier alpha value is -3.50. The number of hydrogen-bond acceptors (Lipinski definition) is 6. The van der Waals surface area contributed by atoms with Gasteiger partial charge in [0.25, 0.3) is 0 Å². The quantitative estimate of drug-likeness (QED) is 0.461. The number of aryl methyl sites for hydroxylation is 1.